The summed E-state index contributed by atoms with van der Waals surface area (Å²) in [4.78, 5) is 0. The first-order valence-electron chi connectivity index (χ1n) is 16.8. The Labute approximate surface area is 237 Å². The number of pyridine rings is 2. The lowest BCUT2D eigenvalue weighted by Gasteiger charge is -2.04. The minimum absolute atomic E-state index is 1.13. The summed E-state index contributed by atoms with van der Waals surface area (Å²) in [7, 11) is 0. The van der Waals surface area contributed by atoms with E-state index in [4.69, 9.17) is 0 Å². The normalized spacial score (nSPS) is 11.3. The molecule has 0 spiro atoms. The van der Waals surface area contributed by atoms with Gasteiger partial charge < -0.3 is 0 Å². The molecule has 2 rings (SSSR count). The van der Waals surface area contributed by atoms with E-state index in [0.717, 1.165) is 25.9 Å². The summed E-state index contributed by atoms with van der Waals surface area (Å²) in [6.45, 7) is 6.92. The third-order valence-corrected chi connectivity index (χ3v) is 8.08. The van der Waals surface area contributed by atoms with Gasteiger partial charge in [0.15, 0.2) is 24.8 Å². The molecule has 0 aliphatic carbocycles. The Hall–Kier alpha value is -1.70. The van der Waals surface area contributed by atoms with Crippen LogP contribution in [0.1, 0.15) is 153 Å². The molecule has 2 heteroatoms. The van der Waals surface area contributed by atoms with Gasteiger partial charge in [-0.05, 0) is 37.8 Å². The van der Waals surface area contributed by atoms with Crippen molar-refractivity contribution in [2.24, 2.45) is 0 Å². The highest BCUT2D eigenvalue weighted by Gasteiger charge is 2.07. The van der Waals surface area contributed by atoms with Gasteiger partial charge in [-0.2, -0.15) is 0 Å². The molecule has 0 N–H and O–H groups in total. The maximum atomic E-state index is 2.41. The molecule has 0 aliphatic heterocycles. The fraction of sp³-hybridized carbons (Fsp3) is 0.722. The van der Waals surface area contributed by atoms with Crippen LogP contribution in [-0.2, 0) is 25.9 Å². The van der Waals surface area contributed by atoms with Crippen LogP contribution in [-0.4, -0.2) is 0 Å². The van der Waals surface area contributed by atoms with Gasteiger partial charge in [-0.1, -0.05) is 117 Å². The molecule has 0 saturated heterocycles. The van der Waals surface area contributed by atoms with Gasteiger partial charge in [-0.3, -0.25) is 0 Å². The maximum Gasteiger partial charge on any atom is 0.171 e. The van der Waals surface area contributed by atoms with E-state index >= 15 is 0 Å². The smallest absolute Gasteiger partial charge is 0.171 e. The van der Waals surface area contributed by atoms with Crippen molar-refractivity contribution in [2.75, 3.05) is 0 Å². The van der Waals surface area contributed by atoms with Crippen LogP contribution >= 0.6 is 0 Å². The highest BCUT2D eigenvalue weighted by Crippen LogP contribution is 2.12. The van der Waals surface area contributed by atoms with Gasteiger partial charge in [-0.15, -0.1) is 0 Å². The van der Waals surface area contributed by atoms with Crippen molar-refractivity contribution in [3.63, 3.8) is 0 Å². The van der Waals surface area contributed by atoms with E-state index in [-0.39, 0.29) is 0 Å². The average Bonchev–Trinajstić information content (AvgIpc) is 2.94. The minimum Gasteiger partial charge on any atom is -0.205 e. The van der Waals surface area contributed by atoms with Crippen LogP contribution in [0.3, 0.4) is 0 Å². The number of unbranched alkanes of at least 4 members (excludes halogenated alkanes) is 18. The predicted molar refractivity (Wildman–Crippen MR) is 164 cm³/mol. The van der Waals surface area contributed by atoms with Gasteiger partial charge in [0.05, 0.1) is 0 Å². The molecule has 0 amide bonds. The summed E-state index contributed by atoms with van der Waals surface area (Å²) < 4.78 is 4.83. The van der Waals surface area contributed by atoms with Crippen molar-refractivity contribution in [2.45, 2.75) is 168 Å². The Bertz CT molecular complexity index is 732. The number of aryl methyl sites for hydroxylation is 4. The molecule has 2 aromatic heterocycles. The summed E-state index contributed by atoms with van der Waals surface area (Å²) in [6.07, 6.45) is 39.6. The van der Waals surface area contributed by atoms with Crippen LogP contribution in [0, 0.1) is 0 Å². The molecule has 0 bridgehead atoms. The first-order chi connectivity index (χ1) is 18.8. The average molecular weight is 523 g/mol. The lowest BCUT2D eigenvalue weighted by Crippen LogP contribution is -2.33. The number of nitrogens with zero attached hydrogens (tertiary/aromatic N) is 2. The molecule has 214 valence electrons. The molecule has 2 heterocycles. The highest BCUT2D eigenvalue weighted by molar-refractivity contribution is 5.11. The molecule has 0 atom stereocenters. The molecule has 0 saturated carbocycles. The zero-order chi connectivity index (χ0) is 26.9. The Morgan fingerprint density at radius 2 is 0.737 bits per heavy atom. The largest absolute Gasteiger partial charge is 0.205 e. The van der Waals surface area contributed by atoms with E-state index in [9.17, 15) is 0 Å². The summed E-state index contributed by atoms with van der Waals surface area (Å²) >= 11 is 0. The molecule has 38 heavy (non-hydrogen) atoms. The molecule has 0 radical (unpaired) electrons. The number of hydrogen-bond acceptors (Lipinski definition) is 0. The van der Waals surface area contributed by atoms with Gasteiger partial charge >= 0.3 is 0 Å². The lowest BCUT2D eigenvalue weighted by molar-refractivity contribution is -0.698. The van der Waals surface area contributed by atoms with Crippen molar-refractivity contribution < 1.29 is 9.13 Å². The van der Waals surface area contributed by atoms with E-state index in [1.165, 1.54) is 140 Å². The fourth-order valence-electron chi connectivity index (χ4n) is 5.58. The SMILES string of the molecule is CCCCCCCCCCCC[n+]1cccc(CCc2ccc[n+](CCCCCCCCCCCC)c2)c1. The van der Waals surface area contributed by atoms with Crippen LogP contribution < -0.4 is 9.13 Å². The molecular weight excluding hydrogens is 460 g/mol. The fourth-order valence-corrected chi connectivity index (χ4v) is 5.58. The van der Waals surface area contributed by atoms with Gasteiger partial charge in [0, 0.05) is 36.1 Å². The molecule has 0 fully saturated rings. The monoisotopic (exact) mass is 522 g/mol. The maximum absolute atomic E-state index is 2.41. The van der Waals surface area contributed by atoms with Crippen molar-refractivity contribution in [3.05, 3.63) is 60.2 Å². The highest BCUT2D eigenvalue weighted by atomic mass is 14.9. The molecule has 0 aromatic carbocycles. The second-order valence-corrected chi connectivity index (χ2v) is 11.8. The Balaban J connectivity index is 1.56. The van der Waals surface area contributed by atoms with Crippen LogP contribution in [0.4, 0.5) is 0 Å². The molecular formula is C36H62N2+2. The van der Waals surface area contributed by atoms with Crippen LogP contribution in [0.25, 0.3) is 0 Å². The van der Waals surface area contributed by atoms with Crippen molar-refractivity contribution >= 4 is 0 Å². The van der Waals surface area contributed by atoms with Crippen LogP contribution in [0.2, 0.25) is 0 Å². The molecule has 0 unspecified atom stereocenters. The van der Waals surface area contributed by atoms with Gasteiger partial charge in [0.25, 0.3) is 0 Å². The van der Waals surface area contributed by atoms with Crippen molar-refractivity contribution in [1.82, 2.24) is 0 Å². The van der Waals surface area contributed by atoms with E-state index in [0.29, 0.717) is 0 Å². The third kappa shape index (κ3) is 17.0. The van der Waals surface area contributed by atoms with E-state index in [1.807, 2.05) is 0 Å². The standard InChI is InChI=1S/C36H62N2/c1-3-5-7-9-11-13-15-17-19-21-29-37-31-23-25-35(33-37)27-28-36-26-24-32-38(34-36)30-22-20-18-16-14-12-10-8-6-4-2/h23-26,31-34H,3-22,27-30H2,1-2H3/q+2. The Morgan fingerprint density at radius 3 is 1.08 bits per heavy atom. The van der Waals surface area contributed by atoms with Crippen molar-refractivity contribution in [1.29, 1.82) is 0 Å². The van der Waals surface area contributed by atoms with E-state index in [2.05, 4.69) is 72.0 Å². The summed E-state index contributed by atoms with van der Waals surface area (Å²) in [5.41, 5.74) is 2.93. The first-order valence-corrected chi connectivity index (χ1v) is 16.8. The zero-order valence-electron chi connectivity index (χ0n) is 25.5. The summed E-state index contributed by atoms with van der Waals surface area (Å²) in [5, 5.41) is 0. The second kappa shape index (κ2) is 23.2. The number of hydrogen-bond donors (Lipinski definition) is 0. The molecule has 0 aliphatic rings. The number of aromatic nitrogens is 2. The van der Waals surface area contributed by atoms with Gasteiger partial charge in [0.2, 0.25) is 0 Å². The second-order valence-electron chi connectivity index (χ2n) is 11.8. The predicted octanol–water partition coefficient (Wildman–Crippen LogP) is 9.89. The molecule has 2 aromatic rings. The van der Waals surface area contributed by atoms with Crippen LogP contribution in [0.5, 0.6) is 0 Å². The lowest BCUT2D eigenvalue weighted by atomic mass is 10.1. The summed E-state index contributed by atoms with van der Waals surface area (Å²) in [6, 6.07) is 9.08. The van der Waals surface area contributed by atoms with Crippen molar-refractivity contribution in [3.8, 4) is 0 Å². The Morgan fingerprint density at radius 1 is 0.421 bits per heavy atom. The van der Waals surface area contributed by atoms with Gasteiger partial charge in [0.1, 0.15) is 13.1 Å². The quantitative estimate of drug-likeness (QED) is 0.0905. The number of rotatable bonds is 25. The van der Waals surface area contributed by atoms with E-state index in [1.54, 1.807) is 0 Å². The Kier molecular flexibility index (Phi) is 19.9. The van der Waals surface area contributed by atoms with E-state index < -0.39 is 0 Å². The molecule has 2 nitrogen and oxygen atoms in total. The zero-order valence-corrected chi connectivity index (χ0v) is 25.5. The van der Waals surface area contributed by atoms with Crippen LogP contribution in [0.15, 0.2) is 49.1 Å². The topological polar surface area (TPSA) is 7.76 Å². The summed E-state index contributed by atoms with van der Waals surface area (Å²) in [5.74, 6) is 0. The third-order valence-electron chi connectivity index (χ3n) is 8.08. The first kappa shape index (κ1) is 32.5. The minimum atomic E-state index is 1.13. The van der Waals surface area contributed by atoms with Gasteiger partial charge in [-0.25, -0.2) is 9.13 Å².